The summed E-state index contributed by atoms with van der Waals surface area (Å²) in [5.41, 5.74) is -2.61. The maximum atomic E-state index is 12.9. The molecule has 0 saturated carbocycles. The highest BCUT2D eigenvalue weighted by atomic mass is 19.2. The highest BCUT2D eigenvalue weighted by Crippen LogP contribution is 2.22. The Labute approximate surface area is 75.4 Å². The lowest BCUT2D eigenvalue weighted by Gasteiger charge is -2.02. The Kier molecular flexibility index (Phi) is 2.51. The molecule has 0 heterocycles. The van der Waals surface area contributed by atoms with Crippen molar-refractivity contribution in [3.8, 4) is 6.07 Å². The summed E-state index contributed by atoms with van der Waals surface area (Å²) < 4.78 is 50.7. The van der Waals surface area contributed by atoms with Gasteiger partial charge in [0.15, 0.2) is 29.6 Å². The van der Waals surface area contributed by atoms with E-state index >= 15 is 0 Å². The molecule has 0 spiro atoms. The van der Waals surface area contributed by atoms with Crippen molar-refractivity contribution in [3.63, 3.8) is 0 Å². The molecule has 14 heavy (non-hydrogen) atoms. The Balaban J connectivity index is 3.75. The number of benzene rings is 1. The molecule has 0 aliphatic carbocycles. The van der Waals surface area contributed by atoms with Gasteiger partial charge in [-0.15, -0.1) is 0 Å². The normalized spacial score (nSPS) is 9.64. The van der Waals surface area contributed by atoms with Crippen LogP contribution in [0.15, 0.2) is 0 Å². The number of rotatable bonds is 1. The van der Waals surface area contributed by atoms with Gasteiger partial charge in [-0.25, -0.2) is 17.6 Å². The summed E-state index contributed by atoms with van der Waals surface area (Å²) in [5.74, 6) is -7.61. The molecule has 0 bridgehead atoms. The number of aldehydes is 1. The van der Waals surface area contributed by atoms with Gasteiger partial charge in [0, 0.05) is 0 Å². The maximum Gasteiger partial charge on any atom is 0.196 e. The molecule has 0 radical (unpaired) electrons. The van der Waals surface area contributed by atoms with Crippen molar-refractivity contribution >= 4 is 6.29 Å². The molecule has 2 nitrogen and oxygen atoms in total. The number of nitriles is 1. The van der Waals surface area contributed by atoms with E-state index in [1.54, 1.807) is 0 Å². The first-order valence-corrected chi connectivity index (χ1v) is 3.25. The number of nitrogens with zero attached hydrogens (tertiary/aromatic N) is 1. The van der Waals surface area contributed by atoms with Gasteiger partial charge in [0.2, 0.25) is 0 Å². The van der Waals surface area contributed by atoms with Crippen LogP contribution in [0.1, 0.15) is 15.9 Å². The van der Waals surface area contributed by atoms with Crippen molar-refractivity contribution in [2.75, 3.05) is 0 Å². The van der Waals surface area contributed by atoms with Gasteiger partial charge in [-0.05, 0) is 0 Å². The van der Waals surface area contributed by atoms with E-state index < -0.39 is 34.4 Å². The van der Waals surface area contributed by atoms with E-state index in [1.807, 2.05) is 0 Å². The fourth-order valence-corrected chi connectivity index (χ4v) is 0.853. The first kappa shape index (κ1) is 10.2. The monoisotopic (exact) mass is 203 g/mol. The lowest BCUT2D eigenvalue weighted by atomic mass is 10.1. The first-order chi connectivity index (χ1) is 6.54. The summed E-state index contributed by atoms with van der Waals surface area (Å²) in [6.45, 7) is 0. The van der Waals surface area contributed by atoms with Crippen LogP contribution in [0.4, 0.5) is 17.6 Å². The van der Waals surface area contributed by atoms with Gasteiger partial charge >= 0.3 is 0 Å². The van der Waals surface area contributed by atoms with Crippen LogP contribution in [-0.4, -0.2) is 6.29 Å². The van der Waals surface area contributed by atoms with Gasteiger partial charge in [-0.1, -0.05) is 0 Å². The number of carbonyl (C=O) groups excluding carboxylic acids is 1. The third-order valence-electron chi connectivity index (χ3n) is 1.53. The molecule has 0 saturated heterocycles. The number of hydrogen-bond acceptors (Lipinski definition) is 2. The van der Waals surface area contributed by atoms with E-state index in [2.05, 4.69) is 0 Å². The quantitative estimate of drug-likeness (QED) is 0.303. The second-order valence-corrected chi connectivity index (χ2v) is 2.27. The van der Waals surface area contributed by atoms with E-state index in [0.29, 0.717) is 0 Å². The van der Waals surface area contributed by atoms with Gasteiger partial charge in [0.25, 0.3) is 0 Å². The molecular formula is C8HF4NO. The molecular weight excluding hydrogens is 202 g/mol. The van der Waals surface area contributed by atoms with Gasteiger partial charge in [-0.3, -0.25) is 4.79 Å². The molecule has 72 valence electrons. The van der Waals surface area contributed by atoms with E-state index in [1.165, 1.54) is 0 Å². The molecule has 0 aliphatic heterocycles. The summed E-state index contributed by atoms with van der Waals surface area (Å²) in [5, 5.41) is 8.20. The van der Waals surface area contributed by atoms with Crippen LogP contribution >= 0.6 is 0 Å². The molecule has 0 fully saturated rings. The third kappa shape index (κ3) is 1.23. The number of hydrogen-bond donors (Lipinski definition) is 0. The van der Waals surface area contributed by atoms with Gasteiger partial charge in [-0.2, -0.15) is 5.26 Å². The molecule has 1 aromatic carbocycles. The van der Waals surface area contributed by atoms with Gasteiger partial charge in [0.05, 0.1) is 5.56 Å². The predicted molar refractivity (Wildman–Crippen MR) is 36.4 cm³/mol. The molecule has 0 aliphatic rings. The minimum atomic E-state index is -2.04. The smallest absolute Gasteiger partial charge is 0.196 e. The topological polar surface area (TPSA) is 40.9 Å². The maximum absolute atomic E-state index is 12.9. The van der Waals surface area contributed by atoms with Crippen LogP contribution in [0, 0.1) is 34.6 Å². The van der Waals surface area contributed by atoms with Crippen molar-refractivity contribution in [1.29, 1.82) is 5.26 Å². The highest BCUT2D eigenvalue weighted by molar-refractivity contribution is 5.76. The average molecular weight is 203 g/mol. The third-order valence-corrected chi connectivity index (χ3v) is 1.53. The largest absolute Gasteiger partial charge is 0.298 e. The van der Waals surface area contributed by atoms with Crippen LogP contribution in [-0.2, 0) is 0 Å². The summed E-state index contributed by atoms with van der Waals surface area (Å²) in [6.07, 6.45) is -0.325. The molecule has 0 N–H and O–H groups in total. The molecule has 0 aromatic heterocycles. The molecule has 1 aromatic rings. The Morgan fingerprint density at radius 3 is 2.00 bits per heavy atom. The summed E-state index contributed by atoms with van der Waals surface area (Å²) in [6, 6.07) is 0.991. The van der Waals surface area contributed by atoms with Gasteiger partial charge in [0.1, 0.15) is 11.6 Å². The SMILES string of the molecule is N#Cc1c(F)c(F)c(F)c(C=O)c1F. The number of carbonyl (C=O) groups is 1. The lowest BCUT2D eigenvalue weighted by Crippen LogP contribution is -2.05. The number of halogens is 4. The van der Waals surface area contributed by atoms with Crippen LogP contribution in [0.25, 0.3) is 0 Å². The minimum absolute atomic E-state index is 0.325. The summed E-state index contributed by atoms with van der Waals surface area (Å²) in [7, 11) is 0. The van der Waals surface area contributed by atoms with Crippen LogP contribution in [0.3, 0.4) is 0 Å². The Hall–Kier alpha value is -1.90. The van der Waals surface area contributed by atoms with Crippen molar-refractivity contribution in [2.24, 2.45) is 0 Å². The van der Waals surface area contributed by atoms with E-state index in [4.69, 9.17) is 5.26 Å². The second-order valence-electron chi connectivity index (χ2n) is 2.27. The minimum Gasteiger partial charge on any atom is -0.298 e. The van der Waals surface area contributed by atoms with Crippen molar-refractivity contribution in [2.45, 2.75) is 0 Å². The fraction of sp³-hybridized carbons (Fsp3) is 0. The predicted octanol–water partition coefficient (Wildman–Crippen LogP) is 1.93. The highest BCUT2D eigenvalue weighted by Gasteiger charge is 2.24. The molecule has 0 atom stereocenters. The zero-order valence-electron chi connectivity index (χ0n) is 6.44. The van der Waals surface area contributed by atoms with Crippen molar-refractivity contribution < 1.29 is 22.4 Å². The molecule has 0 unspecified atom stereocenters. The van der Waals surface area contributed by atoms with Crippen LogP contribution < -0.4 is 0 Å². The van der Waals surface area contributed by atoms with Crippen LogP contribution in [0.5, 0.6) is 0 Å². The van der Waals surface area contributed by atoms with Crippen LogP contribution in [0.2, 0.25) is 0 Å². The standard InChI is InChI=1S/C8HF4NO/c9-5-3(1-13)6(10)8(12)7(11)4(5)2-14/h2H. The van der Waals surface area contributed by atoms with E-state index in [-0.39, 0.29) is 6.29 Å². The zero-order valence-corrected chi connectivity index (χ0v) is 6.44. The van der Waals surface area contributed by atoms with Crippen molar-refractivity contribution in [1.82, 2.24) is 0 Å². The second kappa shape index (κ2) is 3.46. The average Bonchev–Trinajstić information content (AvgIpc) is 2.16. The van der Waals surface area contributed by atoms with E-state index in [0.717, 1.165) is 6.07 Å². The Bertz CT molecular complexity index is 450. The molecule has 1 rings (SSSR count). The lowest BCUT2D eigenvalue weighted by molar-refractivity contribution is 0.111. The Morgan fingerprint density at radius 1 is 1.00 bits per heavy atom. The van der Waals surface area contributed by atoms with E-state index in [9.17, 15) is 22.4 Å². The Morgan fingerprint density at radius 2 is 1.57 bits per heavy atom. The molecule has 6 heteroatoms. The fourth-order valence-electron chi connectivity index (χ4n) is 0.853. The zero-order chi connectivity index (χ0) is 10.9. The summed E-state index contributed by atoms with van der Waals surface area (Å²) in [4.78, 5) is 10.1. The first-order valence-electron chi connectivity index (χ1n) is 3.25. The summed E-state index contributed by atoms with van der Waals surface area (Å²) >= 11 is 0. The van der Waals surface area contributed by atoms with Crippen molar-refractivity contribution in [3.05, 3.63) is 34.4 Å². The molecule has 0 amide bonds. The van der Waals surface area contributed by atoms with Gasteiger partial charge < -0.3 is 0 Å².